The number of aromatic nitrogens is 2. The maximum Gasteiger partial charge on any atom is 0.262 e. The van der Waals surface area contributed by atoms with Crippen LogP contribution in [0.3, 0.4) is 0 Å². The molecule has 3 rings (SSSR count). The summed E-state index contributed by atoms with van der Waals surface area (Å²) in [6, 6.07) is 6.66. The Bertz CT molecular complexity index is 715. The SMILES string of the molecule is COC1(c2nc(O)c(-c3ccc(Cl)cc3)c(=O)[nH]2)CCC1. The molecule has 2 aromatic rings. The van der Waals surface area contributed by atoms with Gasteiger partial charge in [-0.25, -0.2) is 0 Å². The van der Waals surface area contributed by atoms with Gasteiger partial charge in [-0.3, -0.25) is 4.79 Å². The van der Waals surface area contributed by atoms with Gasteiger partial charge in [0.1, 0.15) is 17.0 Å². The Hall–Kier alpha value is -1.85. The molecule has 0 aliphatic heterocycles. The topological polar surface area (TPSA) is 75.2 Å². The predicted molar refractivity (Wildman–Crippen MR) is 79.5 cm³/mol. The number of rotatable bonds is 3. The van der Waals surface area contributed by atoms with Crippen LogP contribution in [0.2, 0.25) is 5.02 Å². The Kier molecular flexibility index (Phi) is 3.47. The van der Waals surface area contributed by atoms with Crippen molar-refractivity contribution in [3.8, 4) is 17.0 Å². The minimum Gasteiger partial charge on any atom is -0.493 e. The zero-order chi connectivity index (χ0) is 15.0. The third kappa shape index (κ3) is 2.32. The van der Waals surface area contributed by atoms with Crippen LogP contribution in [0.15, 0.2) is 29.1 Å². The maximum atomic E-state index is 12.3. The Labute approximate surface area is 126 Å². The number of nitrogens with one attached hydrogen (secondary N) is 1. The van der Waals surface area contributed by atoms with E-state index in [0.29, 0.717) is 16.4 Å². The monoisotopic (exact) mass is 306 g/mol. The summed E-state index contributed by atoms with van der Waals surface area (Å²) < 4.78 is 5.47. The Balaban J connectivity index is 2.09. The first-order chi connectivity index (χ1) is 10.1. The zero-order valence-electron chi connectivity index (χ0n) is 11.5. The summed E-state index contributed by atoms with van der Waals surface area (Å²) in [6.45, 7) is 0. The fourth-order valence-electron chi connectivity index (χ4n) is 2.59. The van der Waals surface area contributed by atoms with E-state index in [9.17, 15) is 9.90 Å². The van der Waals surface area contributed by atoms with Gasteiger partial charge in [-0.2, -0.15) is 4.98 Å². The van der Waals surface area contributed by atoms with Crippen LogP contribution in [0, 0.1) is 0 Å². The fraction of sp³-hybridized carbons (Fsp3) is 0.333. The number of hydrogen-bond acceptors (Lipinski definition) is 4. The molecule has 21 heavy (non-hydrogen) atoms. The normalized spacial score (nSPS) is 16.5. The molecule has 1 aliphatic rings. The molecule has 1 saturated carbocycles. The van der Waals surface area contributed by atoms with Gasteiger partial charge in [0.2, 0.25) is 5.88 Å². The summed E-state index contributed by atoms with van der Waals surface area (Å²) in [5, 5.41) is 10.7. The molecule has 2 N–H and O–H groups in total. The van der Waals surface area contributed by atoms with Crippen molar-refractivity contribution in [1.29, 1.82) is 0 Å². The molecule has 1 aromatic heterocycles. The van der Waals surface area contributed by atoms with Crippen molar-refractivity contribution in [2.45, 2.75) is 24.9 Å². The number of methoxy groups -OCH3 is 1. The first kappa shape index (κ1) is 14.1. The lowest BCUT2D eigenvalue weighted by Crippen LogP contribution is -2.39. The number of ether oxygens (including phenoxy) is 1. The number of nitrogens with zero attached hydrogens (tertiary/aromatic N) is 1. The van der Waals surface area contributed by atoms with Crippen LogP contribution in [-0.2, 0) is 10.3 Å². The molecular weight excluding hydrogens is 292 g/mol. The number of aromatic amines is 1. The van der Waals surface area contributed by atoms with Crippen LogP contribution in [0.1, 0.15) is 25.1 Å². The largest absolute Gasteiger partial charge is 0.493 e. The van der Waals surface area contributed by atoms with E-state index in [1.54, 1.807) is 31.4 Å². The van der Waals surface area contributed by atoms with Gasteiger partial charge >= 0.3 is 0 Å². The van der Waals surface area contributed by atoms with Gasteiger partial charge in [0.15, 0.2) is 0 Å². The second-order valence-corrected chi connectivity index (χ2v) is 5.61. The fourth-order valence-corrected chi connectivity index (χ4v) is 2.72. The summed E-state index contributed by atoms with van der Waals surface area (Å²) in [4.78, 5) is 19.2. The van der Waals surface area contributed by atoms with E-state index in [-0.39, 0.29) is 17.0 Å². The molecule has 110 valence electrons. The van der Waals surface area contributed by atoms with E-state index in [0.717, 1.165) is 19.3 Å². The van der Waals surface area contributed by atoms with Crippen molar-refractivity contribution in [1.82, 2.24) is 9.97 Å². The van der Waals surface area contributed by atoms with Crippen molar-refractivity contribution < 1.29 is 9.84 Å². The van der Waals surface area contributed by atoms with Crippen molar-refractivity contribution in [2.24, 2.45) is 0 Å². The zero-order valence-corrected chi connectivity index (χ0v) is 12.3. The average Bonchev–Trinajstić information content (AvgIpc) is 2.40. The summed E-state index contributed by atoms with van der Waals surface area (Å²) in [5.74, 6) is 0.0934. The highest BCUT2D eigenvalue weighted by atomic mass is 35.5. The van der Waals surface area contributed by atoms with Crippen LogP contribution in [0.5, 0.6) is 5.88 Å². The van der Waals surface area contributed by atoms with Crippen LogP contribution < -0.4 is 5.56 Å². The van der Waals surface area contributed by atoms with E-state index in [2.05, 4.69) is 9.97 Å². The number of H-pyrrole nitrogens is 1. The number of halogens is 1. The predicted octanol–water partition coefficient (Wildman–Crippen LogP) is 2.82. The summed E-state index contributed by atoms with van der Waals surface area (Å²) in [6.07, 6.45) is 2.58. The van der Waals surface area contributed by atoms with E-state index in [4.69, 9.17) is 16.3 Å². The minimum absolute atomic E-state index is 0.140. The Morgan fingerprint density at radius 2 is 2.00 bits per heavy atom. The molecule has 0 unspecified atom stereocenters. The molecule has 1 aromatic carbocycles. The summed E-state index contributed by atoms with van der Waals surface area (Å²) >= 11 is 5.83. The number of aromatic hydroxyl groups is 1. The quantitative estimate of drug-likeness (QED) is 0.914. The second kappa shape index (κ2) is 5.16. The summed E-state index contributed by atoms with van der Waals surface area (Å²) in [7, 11) is 1.59. The average molecular weight is 307 g/mol. The van der Waals surface area contributed by atoms with Gasteiger partial charge in [-0.05, 0) is 37.0 Å². The van der Waals surface area contributed by atoms with E-state index in [1.165, 1.54) is 0 Å². The molecule has 5 nitrogen and oxygen atoms in total. The highest BCUT2D eigenvalue weighted by Gasteiger charge is 2.42. The molecule has 1 aliphatic carbocycles. The van der Waals surface area contributed by atoms with E-state index in [1.807, 2.05) is 0 Å². The molecule has 0 atom stereocenters. The van der Waals surface area contributed by atoms with Gasteiger partial charge < -0.3 is 14.8 Å². The van der Waals surface area contributed by atoms with Crippen LogP contribution in [0.25, 0.3) is 11.1 Å². The highest BCUT2D eigenvalue weighted by molar-refractivity contribution is 6.30. The van der Waals surface area contributed by atoms with Gasteiger partial charge in [-0.1, -0.05) is 23.7 Å². The van der Waals surface area contributed by atoms with Crippen LogP contribution in [0.4, 0.5) is 0 Å². The van der Waals surface area contributed by atoms with E-state index >= 15 is 0 Å². The van der Waals surface area contributed by atoms with Crippen molar-refractivity contribution in [3.05, 3.63) is 45.5 Å². The maximum absolute atomic E-state index is 12.3. The summed E-state index contributed by atoms with van der Waals surface area (Å²) in [5.41, 5.74) is -0.253. The van der Waals surface area contributed by atoms with Crippen molar-refractivity contribution >= 4 is 11.6 Å². The molecule has 0 amide bonds. The molecule has 1 heterocycles. The van der Waals surface area contributed by atoms with Crippen LogP contribution >= 0.6 is 11.6 Å². The lowest BCUT2D eigenvalue weighted by atomic mass is 9.79. The van der Waals surface area contributed by atoms with Crippen molar-refractivity contribution in [2.75, 3.05) is 7.11 Å². The van der Waals surface area contributed by atoms with Gasteiger partial charge in [0, 0.05) is 12.1 Å². The van der Waals surface area contributed by atoms with Crippen LogP contribution in [-0.4, -0.2) is 22.2 Å². The third-order valence-corrected chi connectivity index (χ3v) is 4.27. The molecule has 0 spiro atoms. The molecule has 0 bridgehead atoms. The third-order valence-electron chi connectivity index (χ3n) is 4.02. The molecule has 0 saturated heterocycles. The number of hydrogen-bond donors (Lipinski definition) is 2. The molecule has 6 heteroatoms. The first-order valence-corrected chi connectivity index (χ1v) is 7.08. The minimum atomic E-state index is -0.574. The smallest absolute Gasteiger partial charge is 0.262 e. The molecular formula is C15H15ClN2O3. The highest BCUT2D eigenvalue weighted by Crippen LogP contribution is 2.43. The Morgan fingerprint density at radius 3 is 2.48 bits per heavy atom. The molecule has 1 fully saturated rings. The van der Waals surface area contributed by atoms with Gasteiger partial charge in [0.25, 0.3) is 5.56 Å². The van der Waals surface area contributed by atoms with E-state index < -0.39 is 5.60 Å². The van der Waals surface area contributed by atoms with Gasteiger partial charge in [-0.15, -0.1) is 0 Å². The lowest BCUT2D eigenvalue weighted by molar-refractivity contribution is -0.0850. The Morgan fingerprint density at radius 1 is 1.33 bits per heavy atom. The first-order valence-electron chi connectivity index (χ1n) is 6.70. The molecule has 0 radical (unpaired) electrons. The standard InChI is InChI=1S/C15H15ClN2O3/c1-21-15(7-2-8-15)14-17-12(19)11(13(20)18-14)9-3-5-10(16)6-4-9/h3-6H,2,7-8H2,1H3,(H2,17,18,19,20). The lowest BCUT2D eigenvalue weighted by Gasteiger charge is -2.39. The number of benzene rings is 1. The van der Waals surface area contributed by atoms with Gasteiger partial charge in [0.05, 0.1) is 0 Å². The second-order valence-electron chi connectivity index (χ2n) is 5.17. The van der Waals surface area contributed by atoms with Crippen molar-refractivity contribution in [3.63, 3.8) is 0 Å².